The van der Waals surface area contributed by atoms with Gasteiger partial charge in [-0.25, -0.2) is 21.6 Å². The maximum absolute atomic E-state index is 12.1. The predicted octanol–water partition coefficient (Wildman–Crippen LogP) is 1.11. The van der Waals surface area contributed by atoms with Gasteiger partial charge >= 0.3 is 0 Å². The van der Waals surface area contributed by atoms with Crippen LogP contribution in [0.4, 0.5) is 5.69 Å². The third-order valence-electron chi connectivity index (χ3n) is 3.28. The Morgan fingerprint density at radius 2 is 1.70 bits per heavy atom. The average Bonchev–Trinajstić information content (AvgIpc) is 2.51. The number of hydrogen-bond acceptors (Lipinski definition) is 5. The first-order chi connectivity index (χ1) is 10.7. The number of likely N-dealkylation sites (N-methyl/N-ethyl adjacent to an activating group) is 1. The second-order valence-electron chi connectivity index (χ2n) is 5.34. The zero-order valence-corrected chi connectivity index (χ0v) is 15.3. The van der Waals surface area contributed by atoms with Crippen molar-refractivity contribution in [1.29, 1.82) is 0 Å². The largest absolute Gasteiger partial charge is 0.316 e. The molecule has 0 saturated heterocycles. The maximum Gasteiger partial charge on any atom is 0.240 e. The van der Waals surface area contributed by atoms with Crippen molar-refractivity contribution in [1.82, 2.24) is 10.0 Å². The number of benzene rings is 1. The Balaban J connectivity index is 2.76. The minimum absolute atomic E-state index is 0.00873. The molecule has 0 radical (unpaired) electrons. The number of nitrogens with one attached hydrogen (secondary N) is 3. The second kappa shape index (κ2) is 8.62. The number of unbranched alkanes of at least 4 members (excludes halogenated alkanes) is 1. The Bertz CT molecular complexity index is 685. The van der Waals surface area contributed by atoms with Gasteiger partial charge in [0.25, 0.3) is 0 Å². The van der Waals surface area contributed by atoms with Crippen molar-refractivity contribution in [3.63, 3.8) is 0 Å². The van der Waals surface area contributed by atoms with Gasteiger partial charge in [-0.2, -0.15) is 0 Å². The summed E-state index contributed by atoms with van der Waals surface area (Å²) in [6, 6.07) is 5.65. The lowest BCUT2D eigenvalue weighted by Gasteiger charge is -2.12. The van der Waals surface area contributed by atoms with Crippen molar-refractivity contribution in [2.75, 3.05) is 24.1 Å². The Hall–Kier alpha value is -1.16. The van der Waals surface area contributed by atoms with Gasteiger partial charge in [0, 0.05) is 18.3 Å². The van der Waals surface area contributed by atoms with E-state index in [0.717, 1.165) is 6.42 Å². The predicted molar refractivity (Wildman–Crippen MR) is 92.5 cm³/mol. The van der Waals surface area contributed by atoms with Crippen LogP contribution in [0.2, 0.25) is 0 Å². The van der Waals surface area contributed by atoms with Crippen LogP contribution in [0, 0.1) is 0 Å². The van der Waals surface area contributed by atoms with Crippen molar-refractivity contribution < 1.29 is 16.8 Å². The standard InChI is InChI=1S/C14H25N3O4S2/c1-4-5-10-22(18,19)17-13-6-8-14(9-7-13)23(20,21)16-11-12(2)15-3/h6-9,12,15-17H,4-5,10-11H2,1-3H3. The van der Waals surface area contributed by atoms with Crippen molar-refractivity contribution in [2.45, 2.75) is 37.6 Å². The van der Waals surface area contributed by atoms with E-state index in [4.69, 9.17) is 0 Å². The Kier molecular flexibility index (Phi) is 7.46. The van der Waals surface area contributed by atoms with E-state index in [0.29, 0.717) is 12.1 Å². The van der Waals surface area contributed by atoms with Gasteiger partial charge in [0.15, 0.2) is 0 Å². The zero-order chi connectivity index (χ0) is 17.5. The van der Waals surface area contributed by atoms with E-state index < -0.39 is 20.0 Å². The topological polar surface area (TPSA) is 104 Å². The smallest absolute Gasteiger partial charge is 0.240 e. The molecular formula is C14H25N3O4S2. The molecule has 0 aliphatic rings. The van der Waals surface area contributed by atoms with Gasteiger partial charge in [0.2, 0.25) is 20.0 Å². The van der Waals surface area contributed by atoms with Crippen LogP contribution in [0.3, 0.4) is 0 Å². The van der Waals surface area contributed by atoms with Crippen LogP contribution in [0.25, 0.3) is 0 Å². The van der Waals surface area contributed by atoms with Crippen molar-refractivity contribution >= 4 is 25.7 Å². The fourth-order valence-electron chi connectivity index (χ4n) is 1.69. The summed E-state index contributed by atoms with van der Waals surface area (Å²) in [4.78, 5) is 0.0947. The van der Waals surface area contributed by atoms with Crippen molar-refractivity contribution in [3.8, 4) is 0 Å². The molecule has 0 fully saturated rings. The lowest BCUT2D eigenvalue weighted by Crippen LogP contribution is -2.37. The summed E-state index contributed by atoms with van der Waals surface area (Å²) in [5, 5.41) is 2.94. The molecule has 0 aliphatic heterocycles. The summed E-state index contributed by atoms with van der Waals surface area (Å²) < 4.78 is 52.8. The number of anilines is 1. The Morgan fingerprint density at radius 1 is 1.09 bits per heavy atom. The fraction of sp³-hybridized carbons (Fsp3) is 0.571. The summed E-state index contributed by atoms with van der Waals surface area (Å²) in [6.45, 7) is 4.04. The molecule has 1 rings (SSSR count). The first kappa shape index (κ1) is 19.9. The van der Waals surface area contributed by atoms with Crippen LogP contribution in [-0.2, 0) is 20.0 Å². The van der Waals surface area contributed by atoms with Gasteiger partial charge in [-0.1, -0.05) is 13.3 Å². The van der Waals surface area contributed by atoms with Gasteiger partial charge in [-0.3, -0.25) is 4.72 Å². The SMILES string of the molecule is CCCCS(=O)(=O)Nc1ccc(S(=O)(=O)NCC(C)NC)cc1. The summed E-state index contributed by atoms with van der Waals surface area (Å²) >= 11 is 0. The summed E-state index contributed by atoms with van der Waals surface area (Å²) in [5.74, 6) is 0.0486. The molecule has 0 heterocycles. The average molecular weight is 364 g/mol. The normalized spacial score (nSPS) is 13.7. The summed E-state index contributed by atoms with van der Waals surface area (Å²) in [5.41, 5.74) is 0.351. The van der Waals surface area contributed by atoms with E-state index in [9.17, 15) is 16.8 Å². The Morgan fingerprint density at radius 3 is 2.22 bits per heavy atom. The molecular weight excluding hydrogens is 338 g/mol. The minimum atomic E-state index is -3.61. The molecule has 23 heavy (non-hydrogen) atoms. The van der Waals surface area contributed by atoms with Gasteiger partial charge in [0.1, 0.15) is 0 Å². The van der Waals surface area contributed by atoms with Gasteiger partial charge < -0.3 is 5.32 Å². The van der Waals surface area contributed by atoms with Crippen LogP contribution in [0.5, 0.6) is 0 Å². The van der Waals surface area contributed by atoms with E-state index in [1.807, 2.05) is 13.8 Å². The van der Waals surface area contributed by atoms with E-state index in [2.05, 4.69) is 14.8 Å². The van der Waals surface area contributed by atoms with Crippen LogP contribution in [0.15, 0.2) is 29.2 Å². The van der Waals surface area contributed by atoms with E-state index in [-0.39, 0.29) is 23.2 Å². The molecule has 3 N–H and O–H groups in total. The minimum Gasteiger partial charge on any atom is -0.316 e. The molecule has 0 amide bonds. The molecule has 0 aliphatic carbocycles. The third kappa shape index (κ3) is 6.86. The number of hydrogen-bond donors (Lipinski definition) is 3. The quantitative estimate of drug-likeness (QED) is 0.578. The molecule has 0 aromatic heterocycles. The number of sulfonamides is 2. The first-order valence-corrected chi connectivity index (χ1v) is 10.6. The van der Waals surface area contributed by atoms with E-state index in [1.165, 1.54) is 24.3 Å². The lowest BCUT2D eigenvalue weighted by molar-refractivity contribution is 0.554. The Labute approximate surface area is 139 Å². The molecule has 1 aromatic rings. The van der Waals surface area contributed by atoms with E-state index in [1.54, 1.807) is 7.05 Å². The molecule has 0 spiro atoms. The first-order valence-electron chi connectivity index (χ1n) is 7.47. The molecule has 0 saturated carbocycles. The van der Waals surface area contributed by atoms with Crippen LogP contribution >= 0.6 is 0 Å². The fourth-order valence-corrected chi connectivity index (χ4v) is 4.08. The molecule has 1 atom stereocenters. The third-order valence-corrected chi connectivity index (χ3v) is 6.09. The highest BCUT2D eigenvalue weighted by Gasteiger charge is 2.15. The monoisotopic (exact) mass is 363 g/mol. The van der Waals surface area contributed by atoms with Crippen LogP contribution < -0.4 is 14.8 Å². The molecule has 132 valence electrons. The highest BCUT2D eigenvalue weighted by atomic mass is 32.2. The van der Waals surface area contributed by atoms with Crippen molar-refractivity contribution in [3.05, 3.63) is 24.3 Å². The highest BCUT2D eigenvalue weighted by molar-refractivity contribution is 7.92. The second-order valence-corrected chi connectivity index (χ2v) is 8.95. The van der Waals surface area contributed by atoms with E-state index >= 15 is 0 Å². The summed E-state index contributed by atoms with van der Waals surface area (Å²) in [7, 11) is -5.25. The number of rotatable bonds is 10. The van der Waals surface area contributed by atoms with Crippen LogP contribution in [0.1, 0.15) is 26.7 Å². The highest BCUT2D eigenvalue weighted by Crippen LogP contribution is 2.15. The van der Waals surface area contributed by atoms with Gasteiger partial charge in [0.05, 0.1) is 10.6 Å². The molecule has 1 unspecified atom stereocenters. The van der Waals surface area contributed by atoms with Crippen molar-refractivity contribution in [2.24, 2.45) is 0 Å². The van der Waals surface area contributed by atoms with Crippen LogP contribution in [-0.4, -0.2) is 42.2 Å². The molecule has 9 heteroatoms. The lowest BCUT2D eigenvalue weighted by atomic mass is 10.3. The molecule has 0 bridgehead atoms. The zero-order valence-electron chi connectivity index (χ0n) is 13.7. The van der Waals surface area contributed by atoms with Gasteiger partial charge in [-0.05, 0) is 44.7 Å². The van der Waals surface area contributed by atoms with Gasteiger partial charge in [-0.15, -0.1) is 0 Å². The molecule has 7 nitrogen and oxygen atoms in total. The summed E-state index contributed by atoms with van der Waals surface area (Å²) in [6.07, 6.45) is 1.37. The molecule has 1 aromatic carbocycles. The maximum atomic E-state index is 12.1.